The Morgan fingerprint density at radius 1 is 0.960 bits per heavy atom. The van der Waals surface area contributed by atoms with Gasteiger partial charge in [0, 0.05) is 24.9 Å². The number of piperidine rings is 1. The van der Waals surface area contributed by atoms with Crippen molar-refractivity contribution >= 4 is 11.7 Å². The number of likely N-dealkylation sites (tertiary alicyclic amines) is 1. The second-order valence-corrected chi connectivity index (χ2v) is 6.50. The molecule has 0 saturated carbocycles. The first-order chi connectivity index (χ1) is 12.0. The molecule has 1 aliphatic heterocycles. The number of likely N-dealkylation sites (N-methyl/N-ethyl adjacent to an activating group) is 1. The lowest BCUT2D eigenvalue weighted by Crippen LogP contribution is -2.52. The van der Waals surface area contributed by atoms with Crippen LogP contribution in [0.3, 0.4) is 0 Å². The van der Waals surface area contributed by atoms with Crippen LogP contribution in [0.15, 0.2) is 48.5 Å². The molecule has 0 aliphatic carbocycles. The highest BCUT2D eigenvalue weighted by Crippen LogP contribution is 2.32. The highest BCUT2D eigenvalue weighted by Gasteiger charge is 2.39. The predicted octanol–water partition coefficient (Wildman–Crippen LogP) is 2.30. The maximum absolute atomic E-state index is 12.7. The van der Waals surface area contributed by atoms with Gasteiger partial charge in [-0.2, -0.15) is 0 Å². The number of amides is 1. The van der Waals surface area contributed by atoms with E-state index in [1.54, 1.807) is 7.05 Å². The molecule has 1 saturated heterocycles. The average molecular weight is 339 g/mol. The first-order valence-corrected chi connectivity index (χ1v) is 8.30. The minimum Gasteiger partial charge on any atom is -0.508 e. The highest BCUT2D eigenvalue weighted by molar-refractivity contribution is 5.97. The number of ketones is 1. The topological polar surface area (TPSA) is 77.8 Å². The first-order valence-electron chi connectivity index (χ1n) is 8.30. The first kappa shape index (κ1) is 17.0. The molecule has 25 heavy (non-hydrogen) atoms. The SMILES string of the molecule is CN1C(=O)C(Cc2c(O)cccc2O)CC(=O)C1Cc1ccccc1. The Labute approximate surface area is 146 Å². The lowest BCUT2D eigenvalue weighted by molar-refractivity contribution is -0.148. The van der Waals surface area contributed by atoms with Crippen molar-refractivity contribution in [3.05, 3.63) is 59.7 Å². The Morgan fingerprint density at radius 3 is 2.24 bits per heavy atom. The molecule has 0 radical (unpaired) electrons. The Bertz CT molecular complexity index is 767. The lowest BCUT2D eigenvalue weighted by atomic mass is 9.84. The van der Waals surface area contributed by atoms with Gasteiger partial charge < -0.3 is 15.1 Å². The monoisotopic (exact) mass is 339 g/mol. The van der Waals surface area contributed by atoms with E-state index in [0.717, 1.165) is 5.56 Å². The van der Waals surface area contributed by atoms with E-state index in [9.17, 15) is 19.8 Å². The van der Waals surface area contributed by atoms with Crippen LogP contribution in [0.5, 0.6) is 11.5 Å². The number of nitrogens with zero attached hydrogens (tertiary/aromatic N) is 1. The summed E-state index contributed by atoms with van der Waals surface area (Å²) in [5.74, 6) is -0.818. The zero-order valence-corrected chi connectivity index (χ0v) is 14.1. The molecule has 2 N–H and O–H groups in total. The number of aromatic hydroxyl groups is 2. The smallest absolute Gasteiger partial charge is 0.226 e. The van der Waals surface area contributed by atoms with Crippen LogP contribution in [0.2, 0.25) is 0 Å². The highest BCUT2D eigenvalue weighted by atomic mass is 16.3. The molecule has 1 amide bonds. The Morgan fingerprint density at radius 2 is 1.60 bits per heavy atom. The number of rotatable bonds is 4. The number of hydrogen-bond acceptors (Lipinski definition) is 4. The van der Waals surface area contributed by atoms with Crippen molar-refractivity contribution < 1.29 is 19.8 Å². The van der Waals surface area contributed by atoms with E-state index in [2.05, 4.69) is 0 Å². The fourth-order valence-corrected chi connectivity index (χ4v) is 3.39. The zero-order valence-electron chi connectivity index (χ0n) is 14.1. The largest absolute Gasteiger partial charge is 0.508 e. The van der Waals surface area contributed by atoms with E-state index >= 15 is 0 Å². The number of phenols is 2. The molecule has 1 heterocycles. The fourth-order valence-electron chi connectivity index (χ4n) is 3.39. The lowest BCUT2D eigenvalue weighted by Gasteiger charge is -2.36. The third-order valence-electron chi connectivity index (χ3n) is 4.83. The molecule has 3 rings (SSSR count). The third kappa shape index (κ3) is 3.50. The number of hydrogen-bond donors (Lipinski definition) is 2. The molecule has 2 aromatic rings. The maximum Gasteiger partial charge on any atom is 0.226 e. The zero-order chi connectivity index (χ0) is 18.0. The standard InChI is InChI=1S/C20H21NO4/c1-21-16(10-13-6-3-2-4-7-13)19(24)12-14(20(21)25)11-15-17(22)8-5-9-18(15)23/h2-9,14,16,22-23H,10-12H2,1H3. The quantitative estimate of drug-likeness (QED) is 0.896. The van der Waals surface area contributed by atoms with Gasteiger partial charge in [0.15, 0.2) is 5.78 Å². The molecule has 0 bridgehead atoms. The van der Waals surface area contributed by atoms with Crippen molar-refractivity contribution in [3.8, 4) is 11.5 Å². The third-order valence-corrected chi connectivity index (χ3v) is 4.83. The van der Waals surface area contributed by atoms with E-state index < -0.39 is 12.0 Å². The number of Topliss-reactive ketones (excluding diaryl/α,β-unsaturated/α-hetero) is 1. The van der Waals surface area contributed by atoms with Crippen molar-refractivity contribution in [1.82, 2.24) is 4.90 Å². The molecular formula is C20H21NO4. The molecule has 2 atom stereocenters. The van der Waals surface area contributed by atoms with Crippen LogP contribution in [0.4, 0.5) is 0 Å². The van der Waals surface area contributed by atoms with Gasteiger partial charge in [-0.1, -0.05) is 36.4 Å². The summed E-state index contributed by atoms with van der Waals surface area (Å²) >= 11 is 0. The molecule has 2 aromatic carbocycles. The second kappa shape index (κ2) is 6.97. The van der Waals surface area contributed by atoms with Gasteiger partial charge in [-0.05, 0) is 30.5 Å². The van der Waals surface area contributed by atoms with Crippen molar-refractivity contribution in [1.29, 1.82) is 0 Å². The van der Waals surface area contributed by atoms with Gasteiger partial charge in [0.05, 0.1) is 6.04 Å². The summed E-state index contributed by atoms with van der Waals surface area (Å²) in [6, 6.07) is 13.6. The Kier molecular flexibility index (Phi) is 4.74. The molecule has 5 heteroatoms. The minimum absolute atomic E-state index is 0.00543. The van der Waals surface area contributed by atoms with Crippen LogP contribution in [0, 0.1) is 5.92 Å². The van der Waals surface area contributed by atoms with Crippen LogP contribution in [0.1, 0.15) is 17.5 Å². The number of phenolic OH excluding ortho intramolecular Hbond substituents is 2. The minimum atomic E-state index is -0.566. The van der Waals surface area contributed by atoms with E-state index in [0.29, 0.717) is 12.0 Å². The second-order valence-electron chi connectivity index (χ2n) is 6.50. The van der Waals surface area contributed by atoms with Gasteiger partial charge in [-0.25, -0.2) is 0 Å². The van der Waals surface area contributed by atoms with E-state index in [-0.39, 0.29) is 36.0 Å². The number of carbonyl (C=O) groups is 2. The molecule has 2 unspecified atom stereocenters. The summed E-state index contributed by atoms with van der Waals surface area (Å²) in [6.07, 6.45) is 0.760. The van der Waals surface area contributed by atoms with Crippen molar-refractivity contribution in [2.75, 3.05) is 7.05 Å². The van der Waals surface area contributed by atoms with Crippen LogP contribution in [-0.2, 0) is 22.4 Å². The summed E-state index contributed by atoms with van der Waals surface area (Å²) in [6.45, 7) is 0. The van der Waals surface area contributed by atoms with Gasteiger partial charge in [-0.3, -0.25) is 9.59 Å². The van der Waals surface area contributed by atoms with Gasteiger partial charge in [-0.15, -0.1) is 0 Å². The summed E-state index contributed by atoms with van der Waals surface area (Å²) in [5.41, 5.74) is 1.32. The Hall–Kier alpha value is -2.82. The van der Waals surface area contributed by atoms with Gasteiger partial charge >= 0.3 is 0 Å². The molecule has 0 aromatic heterocycles. The molecule has 1 aliphatic rings. The number of benzene rings is 2. The molecule has 130 valence electrons. The van der Waals surface area contributed by atoms with Crippen LogP contribution >= 0.6 is 0 Å². The van der Waals surface area contributed by atoms with Crippen LogP contribution < -0.4 is 0 Å². The van der Waals surface area contributed by atoms with E-state index in [1.165, 1.54) is 23.1 Å². The van der Waals surface area contributed by atoms with Gasteiger partial charge in [0.2, 0.25) is 5.91 Å². The van der Waals surface area contributed by atoms with Crippen LogP contribution in [0.25, 0.3) is 0 Å². The summed E-state index contributed by atoms with van der Waals surface area (Å²) in [4.78, 5) is 26.8. The summed E-state index contributed by atoms with van der Waals surface area (Å²) in [5, 5.41) is 19.8. The normalized spacial score (nSPS) is 20.8. The Balaban J connectivity index is 1.76. The van der Waals surface area contributed by atoms with Crippen molar-refractivity contribution in [3.63, 3.8) is 0 Å². The summed E-state index contributed by atoms with van der Waals surface area (Å²) < 4.78 is 0. The van der Waals surface area contributed by atoms with Crippen molar-refractivity contribution in [2.45, 2.75) is 25.3 Å². The summed E-state index contributed by atoms with van der Waals surface area (Å²) in [7, 11) is 1.64. The predicted molar refractivity (Wildman–Crippen MR) is 93.3 cm³/mol. The van der Waals surface area contributed by atoms with E-state index in [4.69, 9.17) is 0 Å². The molecule has 1 fully saturated rings. The number of carbonyl (C=O) groups excluding carboxylic acids is 2. The van der Waals surface area contributed by atoms with Crippen molar-refractivity contribution in [2.24, 2.45) is 5.92 Å². The fraction of sp³-hybridized carbons (Fsp3) is 0.300. The van der Waals surface area contributed by atoms with Crippen LogP contribution in [-0.4, -0.2) is 39.9 Å². The molecule has 5 nitrogen and oxygen atoms in total. The molecular weight excluding hydrogens is 318 g/mol. The van der Waals surface area contributed by atoms with Gasteiger partial charge in [0.1, 0.15) is 11.5 Å². The average Bonchev–Trinajstić information content (AvgIpc) is 2.60. The van der Waals surface area contributed by atoms with Gasteiger partial charge in [0.25, 0.3) is 0 Å². The molecule has 0 spiro atoms. The maximum atomic E-state index is 12.7. The van der Waals surface area contributed by atoms with E-state index in [1.807, 2.05) is 30.3 Å².